The summed E-state index contributed by atoms with van der Waals surface area (Å²) in [5, 5.41) is 12.0. The van der Waals surface area contributed by atoms with E-state index >= 15 is 0 Å². The Labute approximate surface area is 146 Å². The summed E-state index contributed by atoms with van der Waals surface area (Å²) < 4.78 is 2.85. The van der Waals surface area contributed by atoms with Gasteiger partial charge >= 0.3 is 0 Å². The Morgan fingerprint density at radius 1 is 1.38 bits per heavy atom. The number of rotatable bonds is 5. The highest BCUT2D eigenvalue weighted by Gasteiger charge is 2.03. The third kappa shape index (κ3) is 5.47. The van der Waals surface area contributed by atoms with Crippen molar-refractivity contribution in [2.24, 2.45) is 0 Å². The molecule has 2 aromatic rings. The fourth-order valence-electron chi connectivity index (χ4n) is 1.66. The zero-order valence-electron chi connectivity index (χ0n) is 10.9. The van der Waals surface area contributed by atoms with Gasteiger partial charge in [0.15, 0.2) is 5.11 Å². The first-order valence-corrected chi connectivity index (χ1v) is 8.18. The molecule has 2 N–H and O–H groups in total. The predicted molar refractivity (Wildman–Crippen MR) is 95.2 cm³/mol. The van der Waals surface area contributed by atoms with Crippen LogP contribution in [0.15, 0.2) is 35.1 Å². The number of anilines is 1. The lowest BCUT2D eigenvalue weighted by atomic mass is 10.3. The molecule has 1 heterocycles. The lowest BCUT2D eigenvalue weighted by molar-refractivity contribution is 0.573. The molecule has 0 unspecified atom stereocenters. The van der Waals surface area contributed by atoms with Crippen molar-refractivity contribution in [3.05, 3.63) is 45.1 Å². The summed E-state index contributed by atoms with van der Waals surface area (Å²) in [5.74, 6) is 0. The van der Waals surface area contributed by atoms with Crippen LogP contribution in [0.3, 0.4) is 0 Å². The second-order valence-corrected chi connectivity index (χ2v) is 6.45. The van der Waals surface area contributed by atoms with Crippen molar-refractivity contribution in [3.63, 3.8) is 0 Å². The van der Waals surface area contributed by atoms with Gasteiger partial charge in [0, 0.05) is 24.3 Å². The summed E-state index contributed by atoms with van der Waals surface area (Å²) >= 11 is 20.6. The van der Waals surface area contributed by atoms with Gasteiger partial charge in [0.05, 0.1) is 21.4 Å². The quantitative estimate of drug-likeness (QED) is 0.571. The molecule has 0 spiro atoms. The first-order chi connectivity index (χ1) is 10.0. The summed E-state index contributed by atoms with van der Waals surface area (Å²) in [6, 6.07) is 5.19. The number of halogens is 3. The topological polar surface area (TPSA) is 41.9 Å². The van der Waals surface area contributed by atoms with E-state index in [1.54, 1.807) is 24.4 Å². The van der Waals surface area contributed by atoms with E-state index in [0.29, 0.717) is 20.8 Å². The van der Waals surface area contributed by atoms with Crippen LogP contribution in [0.1, 0.15) is 6.42 Å². The second-order valence-electron chi connectivity index (χ2n) is 4.28. The Balaban J connectivity index is 1.73. The number of aromatic nitrogens is 2. The third-order valence-electron chi connectivity index (χ3n) is 2.63. The number of hydrogen-bond acceptors (Lipinski definition) is 2. The molecular weight excluding hydrogens is 395 g/mol. The SMILES string of the molecule is S=C(NCCCn1cc(Br)cn1)Nc1cc(Cl)ccc1Cl. The molecule has 0 fully saturated rings. The van der Waals surface area contributed by atoms with Gasteiger partial charge in [0.1, 0.15) is 0 Å². The fourth-order valence-corrected chi connectivity index (χ4v) is 2.54. The van der Waals surface area contributed by atoms with Gasteiger partial charge in [0.25, 0.3) is 0 Å². The molecule has 0 saturated carbocycles. The van der Waals surface area contributed by atoms with Crippen molar-refractivity contribution in [2.45, 2.75) is 13.0 Å². The molecule has 0 aliphatic carbocycles. The monoisotopic (exact) mass is 406 g/mol. The first kappa shape index (κ1) is 16.5. The normalized spacial score (nSPS) is 10.4. The Kier molecular flexibility index (Phi) is 6.29. The van der Waals surface area contributed by atoms with Crippen molar-refractivity contribution >= 4 is 62.1 Å². The summed E-state index contributed by atoms with van der Waals surface area (Å²) in [5.41, 5.74) is 0.692. The molecule has 2 rings (SSSR count). The molecule has 0 saturated heterocycles. The highest BCUT2D eigenvalue weighted by molar-refractivity contribution is 9.10. The van der Waals surface area contributed by atoms with Crippen LogP contribution in [0, 0.1) is 0 Å². The van der Waals surface area contributed by atoms with Crippen LogP contribution >= 0.6 is 51.3 Å². The average molecular weight is 408 g/mol. The zero-order valence-corrected chi connectivity index (χ0v) is 14.9. The smallest absolute Gasteiger partial charge is 0.170 e. The van der Waals surface area contributed by atoms with Gasteiger partial charge in [-0.15, -0.1) is 0 Å². The number of nitrogens with zero attached hydrogens (tertiary/aromatic N) is 2. The maximum Gasteiger partial charge on any atom is 0.170 e. The number of nitrogens with one attached hydrogen (secondary N) is 2. The largest absolute Gasteiger partial charge is 0.362 e. The summed E-state index contributed by atoms with van der Waals surface area (Å²) in [4.78, 5) is 0. The zero-order chi connectivity index (χ0) is 15.2. The number of thiocarbonyl (C=S) groups is 1. The minimum Gasteiger partial charge on any atom is -0.362 e. The van der Waals surface area contributed by atoms with E-state index in [1.165, 1.54) is 0 Å². The molecular formula is C13H13BrCl2N4S. The highest BCUT2D eigenvalue weighted by Crippen LogP contribution is 2.25. The summed E-state index contributed by atoms with van der Waals surface area (Å²) in [6.07, 6.45) is 4.60. The number of aryl methyl sites for hydroxylation is 1. The average Bonchev–Trinajstić information content (AvgIpc) is 2.85. The van der Waals surface area contributed by atoms with Crippen molar-refractivity contribution in [1.29, 1.82) is 0 Å². The Morgan fingerprint density at radius 2 is 2.19 bits per heavy atom. The molecule has 0 aliphatic rings. The molecule has 21 heavy (non-hydrogen) atoms. The van der Waals surface area contributed by atoms with Gasteiger partial charge in [0.2, 0.25) is 0 Å². The molecule has 4 nitrogen and oxygen atoms in total. The van der Waals surface area contributed by atoms with Gasteiger partial charge in [-0.3, -0.25) is 4.68 Å². The van der Waals surface area contributed by atoms with Crippen LogP contribution in [0.4, 0.5) is 5.69 Å². The Hall–Kier alpha value is -0.820. The molecule has 0 aliphatic heterocycles. The van der Waals surface area contributed by atoms with Gasteiger partial charge in [-0.05, 0) is 52.8 Å². The first-order valence-electron chi connectivity index (χ1n) is 6.22. The van der Waals surface area contributed by atoms with E-state index in [4.69, 9.17) is 35.4 Å². The lowest BCUT2D eigenvalue weighted by Gasteiger charge is -2.12. The van der Waals surface area contributed by atoms with Crippen molar-refractivity contribution < 1.29 is 0 Å². The van der Waals surface area contributed by atoms with E-state index in [9.17, 15) is 0 Å². The lowest BCUT2D eigenvalue weighted by Crippen LogP contribution is -2.29. The molecule has 1 aromatic heterocycles. The van der Waals surface area contributed by atoms with Crippen LogP contribution in [0.2, 0.25) is 10.0 Å². The molecule has 8 heteroatoms. The third-order valence-corrected chi connectivity index (χ3v) is 3.85. The van der Waals surface area contributed by atoms with Crippen molar-refractivity contribution in [1.82, 2.24) is 15.1 Å². The van der Waals surface area contributed by atoms with E-state index in [-0.39, 0.29) is 0 Å². The van der Waals surface area contributed by atoms with Gasteiger partial charge in [-0.25, -0.2) is 0 Å². The van der Waals surface area contributed by atoms with E-state index in [2.05, 4.69) is 31.7 Å². The van der Waals surface area contributed by atoms with Crippen LogP contribution < -0.4 is 10.6 Å². The molecule has 1 aromatic carbocycles. The fraction of sp³-hybridized carbons (Fsp3) is 0.231. The van der Waals surface area contributed by atoms with Gasteiger partial charge in [-0.2, -0.15) is 5.10 Å². The molecule has 112 valence electrons. The molecule has 0 radical (unpaired) electrons. The van der Waals surface area contributed by atoms with E-state index in [1.807, 2.05) is 10.9 Å². The molecule has 0 amide bonds. The van der Waals surface area contributed by atoms with Crippen molar-refractivity contribution in [3.8, 4) is 0 Å². The van der Waals surface area contributed by atoms with Crippen LogP contribution in [0.25, 0.3) is 0 Å². The van der Waals surface area contributed by atoms with Crippen LogP contribution in [-0.2, 0) is 6.54 Å². The maximum atomic E-state index is 6.06. The van der Waals surface area contributed by atoms with E-state index < -0.39 is 0 Å². The number of hydrogen-bond donors (Lipinski definition) is 2. The molecule has 0 bridgehead atoms. The Bertz CT molecular complexity index is 632. The van der Waals surface area contributed by atoms with Crippen LogP contribution in [0.5, 0.6) is 0 Å². The summed E-state index contributed by atoms with van der Waals surface area (Å²) in [6.45, 7) is 1.56. The van der Waals surface area contributed by atoms with Gasteiger partial charge in [-0.1, -0.05) is 23.2 Å². The number of benzene rings is 1. The second kappa shape index (κ2) is 7.98. The maximum absolute atomic E-state index is 6.06. The molecule has 0 atom stereocenters. The van der Waals surface area contributed by atoms with Crippen molar-refractivity contribution in [2.75, 3.05) is 11.9 Å². The minimum atomic E-state index is 0.515. The Morgan fingerprint density at radius 3 is 2.90 bits per heavy atom. The standard InChI is InChI=1S/C13H13BrCl2N4S/c14-9-7-18-20(8-9)5-1-4-17-13(21)19-12-6-10(15)2-3-11(12)16/h2-3,6-8H,1,4-5H2,(H2,17,19,21). The van der Waals surface area contributed by atoms with Gasteiger partial charge < -0.3 is 10.6 Å². The summed E-state index contributed by atoms with van der Waals surface area (Å²) in [7, 11) is 0. The highest BCUT2D eigenvalue weighted by atomic mass is 79.9. The van der Waals surface area contributed by atoms with E-state index in [0.717, 1.165) is 24.0 Å². The predicted octanol–water partition coefficient (Wildman–Crippen LogP) is 4.33. The minimum absolute atomic E-state index is 0.515. The van der Waals surface area contributed by atoms with Crippen LogP contribution in [-0.4, -0.2) is 21.4 Å².